The van der Waals surface area contributed by atoms with E-state index in [0.717, 1.165) is 6.54 Å². The molecular weight excluding hydrogens is 254 g/mol. The number of nitrogens with one attached hydrogen (secondary N) is 1. The van der Waals surface area contributed by atoms with E-state index in [0.29, 0.717) is 12.0 Å². The largest absolute Gasteiger partial charge is 0.467 e. The molecule has 1 unspecified atom stereocenters. The van der Waals surface area contributed by atoms with Crippen LogP contribution in [0.2, 0.25) is 5.28 Å². The van der Waals surface area contributed by atoms with Crippen LogP contribution in [-0.4, -0.2) is 52.6 Å². The Balaban J connectivity index is 1.90. The normalized spacial score (nSPS) is 17.7. The molecule has 2 rings (SSSR count). The molecule has 1 fully saturated rings. The Morgan fingerprint density at radius 2 is 2.06 bits per heavy atom. The number of ether oxygens (including phenoxy) is 1. The van der Waals surface area contributed by atoms with Crippen LogP contribution in [0.1, 0.15) is 19.8 Å². The van der Waals surface area contributed by atoms with Gasteiger partial charge in [-0.2, -0.15) is 15.0 Å². The van der Waals surface area contributed by atoms with Gasteiger partial charge in [0.1, 0.15) is 0 Å². The maximum Gasteiger partial charge on any atom is 0.322 e. The van der Waals surface area contributed by atoms with E-state index in [-0.39, 0.29) is 11.3 Å². The molecule has 0 saturated carbocycles. The molecule has 1 aromatic heterocycles. The predicted molar refractivity (Wildman–Crippen MR) is 70.1 cm³/mol. The highest BCUT2D eigenvalue weighted by Gasteiger charge is 2.18. The number of likely N-dealkylation sites (tertiary alicyclic amines) is 1. The van der Waals surface area contributed by atoms with Gasteiger partial charge in [0.05, 0.1) is 7.11 Å². The van der Waals surface area contributed by atoms with Gasteiger partial charge in [0.15, 0.2) is 0 Å². The number of aromatic nitrogens is 3. The summed E-state index contributed by atoms with van der Waals surface area (Å²) in [6.07, 6.45) is 2.57. The monoisotopic (exact) mass is 271 g/mol. The van der Waals surface area contributed by atoms with Crippen LogP contribution in [0.5, 0.6) is 6.01 Å². The second kappa shape index (κ2) is 6.15. The summed E-state index contributed by atoms with van der Waals surface area (Å²) in [5, 5.41) is 3.31. The minimum Gasteiger partial charge on any atom is -0.467 e. The van der Waals surface area contributed by atoms with Crippen molar-refractivity contribution in [2.45, 2.75) is 25.8 Å². The van der Waals surface area contributed by atoms with E-state index in [1.807, 2.05) is 0 Å². The van der Waals surface area contributed by atoms with E-state index in [4.69, 9.17) is 16.3 Å². The van der Waals surface area contributed by atoms with Gasteiger partial charge in [0.25, 0.3) is 0 Å². The highest BCUT2D eigenvalue weighted by Crippen LogP contribution is 2.13. The van der Waals surface area contributed by atoms with Crippen molar-refractivity contribution >= 4 is 17.5 Å². The standard InChI is InChI=1S/C11H18ClN5O/c1-8(17-5-3-4-6-17)7-13-10-14-9(12)15-11(16-10)18-2/h8H,3-7H2,1-2H3,(H,13,14,15,16). The van der Waals surface area contributed by atoms with E-state index >= 15 is 0 Å². The first kappa shape index (κ1) is 13.3. The van der Waals surface area contributed by atoms with Crippen molar-refractivity contribution in [1.29, 1.82) is 0 Å². The van der Waals surface area contributed by atoms with Crippen LogP contribution in [-0.2, 0) is 0 Å². The van der Waals surface area contributed by atoms with Crippen molar-refractivity contribution in [2.75, 3.05) is 32.1 Å². The Labute approximate surface area is 112 Å². The summed E-state index contributed by atoms with van der Waals surface area (Å²) in [7, 11) is 1.50. The molecule has 0 bridgehead atoms. The molecule has 1 saturated heterocycles. The van der Waals surface area contributed by atoms with Gasteiger partial charge < -0.3 is 10.1 Å². The Morgan fingerprint density at radius 1 is 1.33 bits per heavy atom. The lowest BCUT2D eigenvalue weighted by Crippen LogP contribution is -2.35. The van der Waals surface area contributed by atoms with E-state index in [2.05, 4.69) is 32.1 Å². The molecule has 1 N–H and O–H groups in total. The molecule has 1 aliphatic heterocycles. The zero-order valence-electron chi connectivity index (χ0n) is 10.7. The van der Waals surface area contributed by atoms with Crippen LogP contribution in [0.25, 0.3) is 0 Å². The van der Waals surface area contributed by atoms with Crippen molar-refractivity contribution in [1.82, 2.24) is 19.9 Å². The predicted octanol–water partition coefficient (Wildman–Crippen LogP) is 1.43. The summed E-state index contributed by atoms with van der Waals surface area (Å²) in [6, 6.07) is 0.681. The molecule has 0 amide bonds. The third-order valence-corrected chi connectivity index (χ3v) is 3.26. The van der Waals surface area contributed by atoms with Gasteiger partial charge >= 0.3 is 6.01 Å². The Kier molecular flexibility index (Phi) is 4.54. The first-order chi connectivity index (χ1) is 8.69. The molecular formula is C11H18ClN5O. The smallest absolute Gasteiger partial charge is 0.322 e. The SMILES string of the molecule is COc1nc(Cl)nc(NCC(C)N2CCCC2)n1. The summed E-state index contributed by atoms with van der Waals surface area (Å²) in [6.45, 7) is 5.32. The van der Waals surface area contributed by atoms with Crippen LogP contribution in [0.15, 0.2) is 0 Å². The Morgan fingerprint density at radius 3 is 2.72 bits per heavy atom. The van der Waals surface area contributed by atoms with Crippen LogP contribution in [0.3, 0.4) is 0 Å². The lowest BCUT2D eigenvalue weighted by Gasteiger charge is -2.23. The summed E-state index contributed by atoms with van der Waals surface area (Å²) >= 11 is 5.78. The third-order valence-electron chi connectivity index (χ3n) is 3.09. The van der Waals surface area contributed by atoms with Gasteiger partial charge in [-0.3, -0.25) is 4.90 Å². The molecule has 0 aromatic carbocycles. The van der Waals surface area contributed by atoms with Crippen LogP contribution in [0.4, 0.5) is 5.95 Å². The van der Waals surface area contributed by atoms with E-state index in [1.54, 1.807) is 0 Å². The first-order valence-corrected chi connectivity index (χ1v) is 6.50. The van der Waals surface area contributed by atoms with Gasteiger partial charge in [-0.1, -0.05) is 0 Å². The number of methoxy groups -OCH3 is 1. The van der Waals surface area contributed by atoms with Gasteiger partial charge in [0.2, 0.25) is 11.2 Å². The number of hydrogen-bond donors (Lipinski definition) is 1. The average Bonchev–Trinajstić information content (AvgIpc) is 2.89. The Hall–Kier alpha value is -1.14. The zero-order chi connectivity index (χ0) is 13.0. The van der Waals surface area contributed by atoms with Gasteiger partial charge in [-0.05, 0) is 44.5 Å². The van der Waals surface area contributed by atoms with Gasteiger partial charge in [-0.25, -0.2) is 0 Å². The highest BCUT2D eigenvalue weighted by atomic mass is 35.5. The number of halogens is 1. The fraction of sp³-hybridized carbons (Fsp3) is 0.727. The molecule has 18 heavy (non-hydrogen) atoms. The summed E-state index contributed by atoms with van der Waals surface area (Å²) in [5.74, 6) is 0.456. The molecule has 1 aliphatic rings. The van der Waals surface area contributed by atoms with Crippen LogP contribution in [0, 0.1) is 0 Å². The average molecular weight is 272 g/mol. The summed E-state index contributed by atoms with van der Waals surface area (Å²) in [4.78, 5) is 14.4. The minimum absolute atomic E-state index is 0.137. The number of nitrogens with zero attached hydrogens (tertiary/aromatic N) is 4. The van der Waals surface area contributed by atoms with Crippen molar-refractivity contribution in [2.24, 2.45) is 0 Å². The fourth-order valence-electron chi connectivity index (χ4n) is 2.05. The first-order valence-electron chi connectivity index (χ1n) is 6.12. The van der Waals surface area contributed by atoms with Gasteiger partial charge in [-0.15, -0.1) is 0 Å². The van der Waals surface area contributed by atoms with Crippen LogP contribution >= 0.6 is 11.6 Å². The van der Waals surface area contributed by atoms with Crippen LogP contribution < -0.4 is 10.1 Å². The molecule has 0 spiro atoms. The molecule has 1 aromatic rings. The van der Waals surface area contributed by atoms with E-state index in [1.165, 1.54) is 33.0 Å². The molecule has 1 atom stereocenters. The highest BCUT2D eigenvalue weighted by molar-refractivity contribution is 6.28. The van der Waals surface area contributed by atoms with E-state index in [9.17, 15) is 0 Å². The maximum absolute atomic E-state index is 5.78. The molecule has 0 aliphatic carbocycles. The second-order valence-electron chi connectivity index (χ2n) is 4.39. The van der Waals surface area contributed by atoms with Crippen molar-refractivity contribution < 1.29 is 4.74 Å². The van der Waals surface area contributed by atoms with Crippen molar-refractivity contribution in [3.8, 4) is 6.01 Å². The van der Waals surface area contributed by atoms with Crippen molar-refractivity contribution in [3.05, 3.63) is 5.28 Å². The fourth-order valence-corrected chi connectivity index (χ4v) is 2.21. The third kappa shape index (κ3) is 3.43. The zero-order valence-corrected chi connectivity index (χ0v) is 11.4. The lowest BCUT2D eigenvalue weighted by molar-refractivity contribution is 0.269. The molecule has 7 heteroatoms. The van der Waals surface area contributed by atoms with E-state index < -0.39 is 0 Å². The molecule has 6 nitrogen and oxygen atoms in total. The maximum atomic E-state index is 5.78. The topological polar surface area (TPSA) is 63.2 Å². The van der Waals surface area contributed by atoms with Gasteiger partial charge in [0, 0.05) is 12.6 Å². The summed E-state index contributed by atoms with van der Waals surface area (Å²) in [5.41, 5.74) is 0. The minimum atomic E-state index is 0.137. The molecule has 2 heterocycles. The Bertz CT molecular complexity index is 397. The molecule has 0 radical (unpaired) electrons. The quantitative estimate of drug-likeness (QED) is 0.874. The second-order valence-corrected chi connectivity index (χ2v) is 4.73. The number of anilines is 1. The summed E-state index contributed by atoms with van der Waals surface area (Å²) < 4.78 is 4.95. The molecule has 100 valence electrons. The number of rotatable bonds is 5. The number of hydrogen-bond acceptors (Lipinski definition) is 6. The van der Waals surface area contributed by atoms with Crippen molar-refractivity contribution in [3.63, 3.8) is 0 Å². The lowest BCUT2D eigenvalue weighted by atomic mass is 10.3.